The number of rotatable bonds is 8. The largest absolute Gasteiger partial charge is 0.493 e. The second kappa shape index (κ2) is 8.50. The molecule has 2 aromatic rings. The van der Waals surface area contributed by atoms with Crippen molar-refractivity contribution in [1.29, 1.82) is 0 Å². The Kier molecular flexibility index (Phi) is 6.67. The topological polar surface area (TPSA) is 43.4 Å². The lowest BCUT2D eigenvalue weighted by atomic mass is 10.1. The number of hydrogen-bond donors (Lipinski definition) is 1. The van der Waals surface area contributed by atoms with Crippen LogP contribution < -0.4 is 14.8 Å². The highest BCUT2D eigenvalue weighted by molar-refractivity contribution is 9.10. The van der Waals surface area contributed by atoms with E-state index in [1.165, 1.54) is 0 Å². The molecule has 0 atom stereocenters. The maximum Gasteiger partial charge on any atom is 0.137 e. The Balaban J connectivity index is 2.35. The zero-order valence-corrected chi connectivity index (χ0v) is 15.5. The highest BCUT2D eigenvalue weighted by Crippen LogP contribution is 2.39. The van der Waals surface area contributed by atoms with Gasteiger partial charge in [0.1, 0.15) is 11.5 Å². The van der Waals surface area contributed by atoms with Gasteiger partial charge in [-0.2, -0.15) is 0 Å². The molecule has 1 aromatic carbocycles. The first-order valence-corrected chi connectivity index (χ1v) is 9.05. The minimum atomic E-state index is 0.608. The molecular weight excluding hydrogens is 364 g/mol. The third-order valence-electron chi connectivity index (χ3n) is 3.05. The van der Waals surface area contributed by atoms with E-state index in [0.717, 1.165) is 45.2 Å². The van der Waals surface area contributed by atoms with E-state index in [-0.39, 0.29) is 0 Å². The molecule has 6 heteroatoms. The van der Waals surface area contributed by atoms with Gasteiger partial charge < -0.3 is 14.8 Å². The summed E-state index contributed by atoms with van der Waals surface area (Å²) in [5.41, 5.74) is 1.94. The van der Waals surface area contributed by atoms with Crippen molar-refractivity contribution in [3.63, 3.8) is 0 Å². The first kappa shape index (κ1) is 17.2. The molecule has 120 valence electrons. The van der Waals surface area contributed by atoms with E-state index in [0.29, 0.717) is 13.2 Å². The number of nitrogens with zero attached hydrogens (tertiary/aromatic N) is 1. The van der Waals surface area contributed by atoms with E-state index in [1.54, 1.807) is 11.3 Å². The molecule has 1 N–H and O–H groups in total. The normalized spacial score (nSPS) is 10.7. The van der Waals surface area contributed by atoms with Crippen LogP contribution >= 0.6 is 27.3 Å². The first-order valence-electron chi connectivity index (χ1n) is 7.38. The number of ether oxygens (including phenoxy) is 2. The zero-order valence-electron chi connectivity index (χ0n) is 13.1. The summed E-state index contributed by atoms with van der Waals surface area (Å²) in [6.07, 6.45) is 0.934. The average Bonchev–Trinajstić information content (AvgIpc) is 2.97. The van der Waals surface area contributed by atoms with Gasteiger partial charge in [-0.25, -0.2) is 4.98 Å². The standard InChI is InChI=1S/C16H21BrN2O2S/c1-4-20-14-9-15(21-5-2)12(17)8-11(14)13-10-22-16(19-13)6-7-18-3/h8-10,18H,4-7H2,1-3H3. The van der Waals surface area contributed by atoms with Gasteiger partial charge in [-0.05, 0) is 42.9 Å². The second-order valence-corrected chi connectivity index (χ2v) is 6.42. The summed E-state index contributed by atoms with van der Waals surface area (Å²) in [6.45, 7) is 6.10. The third kappa shape index (κ3) is 4.21. The van der Waals surface area contributed by atoms with Crippen molar-refractivity contribution in [2.75, 3.05) is 26.8 Å². The Hall–Kier alpha value is -1.11. The molecular formula is C16H21BrN2O2S. The maximum atomic E-state index is 5.78. The van der Waals surface area contributed by atoms with Crippen LogP contribution in [-0.2, 0) is 6.42 Å². The molecule has 1 heterocycles. The number of nitrogens with one attached hydrogen (secondary N) is 1. The van der Waals surface area contributed by atoms with E-state index in [1.807, 2.05) is 33.0 Å². The lowest BCUT2D eigenvalue weighted by Crippen LogP contribution is -2.09. The number of likely N-dealkylation sites (N-methyl/N-ethyl adjacent to an activating group) is 1. The van der Waals surface area contributed by atoms with Crippen molar-refractivity contribution in [3.8, 4) is 22.8 Å². The van der Waals surface area contributed by atoms with Gasteiger partial charge in [-0.1, -0.05) is 0 Å². The van der Waals surface area contributed by atoms with E-state index < -0.39 is 0 Å². The molecule has 1 aromatic heterocycles. The molecule has 0 aliphatic carbocycles. The fraction of sp³-hybridized carbons (Fsp3) is 0.438. The molecule has 22 heavy (non-hydrogen) atoms. The Morgan fingerprint density at radius 2 is 1.91 bits per heavy atom. The molecule has 0 spiro atoms. The first-order chi connectivity index (χ1) is 10.7. The van der Waals surface area contributed by atoms with Crippen LogP contribution in [0.4, 0.5) is 0 Å². The van der Waals surface area contributed by atoms with Gasteiger partial charge in [0.25, 0.3) is 0 Å². The van der Waals surface area contributed by atoms with Crippen molar-refractivity contribution in [2.24, 2.45) is 0 Å². The molecule has 0 unspecified atom stereocenters. The highest BCUT2D eigenvalue weighted by atomic mass is 79.9. The average molecular weight is 385 g/mol. The fourth-order valence-electron chi connectivity index (χ4n) is 2.06. The van der Waals surface area contributed by atoms with Crippen LogP contribution in [0.3, 0.4) is 0 Å². The second-order valence-electron chi connectivity index (χ2n) is 4.62. The van der Waals surface area contributed by atoms with Crippen LogP contribution in [0.1, 0.15) is 18.9 Å². The Morgan fingerprint density at radius 1 is 1.18 bits per heavy atom. The Bertz CT molecular complexity index is 616. The predicted octanol–water partition coefficient (Wildman–Crippen LogP) is 4.13. The van der Waals surface area contributed by atoms with Crippen LogP contribution in [0.5, 0.6) is 11.5 Å². The number of thiazole rings is 1. The monoisotopic (exact) mass is 384 g/mol. The summed E-state index contributed by atoms with van der Waals surface area (Å²) in [6, 6.07) is 3.95. The summed E-state index contributed by atoms with van der Waals surface area (Å²) >= 11 is 5.24. The van der Waals surface area contributed by atoms with E-state index in [2.05, 4.69) is 26.6 Å². The minimum absolute atomic E-state index is 0.608. The van der Waals surface area contributed by atoms with Crippen molar-refractivity contribution in [1.82, 2.24) is 10.3 Å². The Morgan fingerprint density at radius 3 is 2.59 bits per heavy atom. The van der Waals surface area contributed by atoms with Crippen LogP contribution in [-0.4, -0.2) is 31.8 Å². The van der Waals surface area contributed by atoms with Crippen molar-refractivity contribution >= 4 is 27.3 Å². The van der Waals surface area contributed by atoms with Crippen LogP contribution in [0.2, 0.25) is 0 Å². The summed E-state index contributed by atoms with van der Waals surface area (Å²) in [7, 11) is 1.95. The van der Waals surface area contributed by atoms with E-state index >= 15 is 0 Å². The molecule has 0 amide bonds. The molecule has 2 rings (SSSR count). The molecule has 0 saturated carbocycles. The molecule has 0 fully saturated rings. The van der Waals surface area contributed by atoms with E-state index in [9.17, 15) is 0 Å². The van der Waals surface area contributed by atoms with Crippen molar-refractivity contribution < 1.29 is 9.47 Å². The van der Waals surface area contributed by atoms with Gasteiger partial charge in [-0.15, -0.1) is 11.3 Å². The van der Waals surface area contributed by atoms with E-state index in [4.69, 9.17) is 14.5 Å². The third-order valence-corrected chi connectivity index (χ3v) is 4.58. The highest BCUT2D eigenvalue weighted by Gasteiger charge is 2.15. The van der Waals surface area contributed by atoms with Crippen molar-refractivity contribution in [2.45, 2.75) is 20.3 Å². The number of hydrogen-bond acceptors (Lipinski definition) is 5. The molecule has 0 saturated heterocycles. The minimum Gasteiger partial charge on any atom is -0.493 e. The zero-order chi connectivity index (χ0) is 15.9. The maximum absolute atomic E-state index is 5.78. The van der Waals surface area contributed by atoms with Crippen LogP contribution in [0.25, 0.3) is 11.3 Å². The quantitative estimate of drug-likeness (QED) is 0.742. The summed E-state index contributed by atoms with van der Waals surface area (Å²) in [4.78, 5) is 4.71. The van der Waals surface area contributed by atoms with Crippen LogP contribution in [0.15, 0.2) is 22.0 Å². The van der Waals surface area contributed by atoms with Gasteiger partial charge in [0.15, 0.2) is 0 Å². The lowest BCUT2D eigenvalue weighted by molar-refractivity contribution is 0.322. The van der Waals surface area contributed by atoms with Gasteiger partial charge in [0.2, 0.25) is 0 Å². The molecule has 0 aliphatic rings. The van der Waals surface area contributed by atoms with Gasteiger partial charge >= 0.3 is 0 Å². The number of benzene rings is 1. The van der Waals surface area contributed by atoms with Gasteiger partial charge in [0.05, 0.1) is 28.4 Å². The van der Waals surface area contributed by atoms with Gasteiger partial charge in [-0.3, -0.25) is 0 Å². The molecule has 4 nitrogen and oxygen atoms in total. The smallest absolute Gasteiger partial charge is 0.137 e. The molecule has 0 radical (unpaired) electrons. The van der Waals surface area contributed by atoms with Crippen molar-refractivity contribution in [3.05, 3.63) is 27.0 Å². The number of halogens is 1. The summed E-state index contributed by atoms with van der Waals surface area (Å²) < 4.78 is 12.3. The lowest BCUT2D eigenvalue weighted by Gasteiger charge is -2.13. The Labute approximate surface area is 144 Å². The van der Waals surface area contributed by atoms with Crippen LogP contribution in [0, 0.1) is 0 Å². The SMILES string of the molecule is CCOc1cc(OCC)c(-c2csc(CCNC)n2)cc1Br. The fourth-order valence-corrected chi connectivity index (χ4v) is 3.31. The molecule has 0 bridgehead atoms. The number of aromatic nitrogens is 1. The van der Waals surface area contributed by atoms with Gasteiger partial charge in [0, 0.05) is 30.0 Å². The molecule has 0 aliphatic heterocycles. The predicted molar refractivity (Wildman–Crippen MR) is 95.2 cm³/mol. The summed E-state index contributed by atoms with van der Waals surface area (Å²) in [5.74, 6) is 1.60. The summed E-state index contributed by atoms with van der Waals surface area (Å²) in [5, 5.41) is 6.35.